The second-order valence-electron chi connectivity index (χ2n) is 0.996. The Bertz CT molecular complexity index is 72.1. The van der Waals surface area contributed by atoms with E-state index in [-0.39, 0.29) is 0 Å². The summed E-state index contributed by atoms with van der Waals surface area (Å²) in [5.41, 5.74) is 0. The van der Waals surface area contributed by atoms with Gasteiger partial charge in [-0.3, -0.25) is 10.1 Å². The summed E-state index contributed by atoms with van der Waals surface area (Å²) in [6, 6.07) is 0. The Morgan fingerprint density at radius 2 is 2.14 bits per heavy atom. The molecule has 0 amide bonds. The highest BCUT2D eigenvalue weighted by Gasteiger charge is 2.13. The van der Waals surface area contributed by atoms with Gasteiger partial charge in [-0.15, -0.1) is 0 Å². The maximum absolute atomic E-state index is 9.30. The SMILES string of the molecule is O=[N+]([O-])CB(O)O. The first kappa shape index (κ1) is 6.38. The molecule has 0 aliphatic rings. The lowest BCUT2D eigenvalue weighted by Crippen LogP contribution is -2.23. The van der Waals surface area contributed by atoms with Gasteiger partial charge in [-0.25, -0.2) is 0 Å². The molecular formula is CH4BNO4. The van der Waals surface area contributed by atoms with Crippen molar-refractivity contribution in [2.75, 3.05) is 6.44 Å². The van der Waals surface area contributed by atoms with Crippen molar-refractivity contribution in [2.24, 2.45) is 0 Å². The minimum atomic E-state index is -1.82. The Kier molecular flexibility index (Phi) is 2.32. The number of hydrogen-bond donors (Lipinski definition) is 2. The van der Waals surface area contributed by atoms with Crippen molar-refractivity contribution in [1.29, 1.82) is 0 Å². The van der Waals surface area contributed by atoms with Crippen molar-refractivity contribution in [3.63, 3.8) is 0 Å². The Labute approximate surface area is 39.9 Å². The van der Waals surface area contributed by atoms with Crippen molar-refractivity contribution >= 4 is 7.12 Å². The lowest BCUT2D eigenvalue weighted by molar-refractivity contribution is -0.464. The Hall–Kier alpha value is -0.615. The van der Waals surface area contributed by atoms with Gasteiger partial charge >= 0.3 is 7.12 Å². The summed E-state index contributed by atoms with van der Waals surface area (Å²) in [6.07, 6.45) is -0.806. The van der Waals surface area contributed by atoms with Crippen LogP contribution in [0.25, 0.3) is 0 Å². The van der Waals surface area contributed by atoms with Gasteiger partial charge in [0.2, 0.25) is 6.44 Å². The first-order chi connectivity index (χ1) is 3.13. The molecule has 0 heterocycles. The summed E-state index contributed by atoms with van der Waals surface area (Å²) in [5.74, 6) is 0. The van der Waals surface area contributed by atoms with Gasteiger partial charge in [0.25, 0.3) is 0 Å². The fraction of sp³-hybridized carbons (Fsp3) is 1.00. The molecule has 7 heavy (non-hydrogen) atoms. The summed E-state index contributed by atoms with van der Waals surface area (Å²) >= 11 is 0. The third kappa shape index (κ3) is 5.38. The van der Waals surface area contributed by atoms with Crippen LogP contribution < -0.4 is 0 Å². The summed E-state index contributed by atoms with van der Waals surface area (Å²) in [7, 11) is -1.82. The summed E-state index contributed by atoms with van der Waals surface area (Å²) in [5, 5.41) is 25.0. The number of hydrogen-bond acceptors (Lipinski definition) is 4. The van der Waals surface area contributed by atoms with Crippen LogP contribution in [0.15, 0.2) is 0 Å². The van der Waals surface area contributed by atoms with Gasteiger partial charge in [0.1, 0.15) is 0 Å². The van der Waals surface area contributed by atoms with E-state index in [1.165, 1.54) is 0 Å². The van der Waals surface area contributed by atoms with Crippen LogP contribution in [0.3, 0.4) is 0 Å². The topological polar surface area (TPSA) is 83.6 Å². The fourth-order valence-corrected chi connectivity index (χ4v) is 0.133. The predicted octanol–water partition coefficient (Wildman–Crippen LogP) is -1.72. The third-order valence-corrected chi connectivity index (χ3v) is 0.312. The molecule has 0 bridgehead atoms. The van der Waals surface area contributed by atoms with Crippen LogP contribution in [0.1, 0.15) is 0 Å². The average molecular weight is 105 g/mol. The molecule has 0 fully saturated rings. The summed E-state index contributed by atoms with van der Waals surface area (Å²) in [4.78, 5) is 8.49. The Balaban J connectivity index is 3.13. The van der Waals surface area contributed by atoms with E-state index >= 15 is 0 Å². The standard InChI is InChI=1S/CH4BNO4/c4-2(5)1-3(6)7/h4-5H,1H2. The minimum Gasteiger partial charge on any atom is -0.423 e. The van der Waals surface area contributed by atoms with Crippen LogP contribution in [0.2, 0.25) is 0 Å². The van der Waals surface area contributed by atoms with Crippen LogP contribution in [0, 0.1) is 10.1 Å². The van der Waals surface area contributed by atoms with E-state index in [1.54, 1.807) is 0 Å². The van der Waals surface area contributed by atoms with Crippen LogP contribution >= 0.6 is 0 Å². The maximum atomic E-state index is 9.30. The molecule has 5 nitrogen and oxygen atoms in total. The quantitative estimate of drug-likeness (QED) is 0.248. The van der Waals surface area contributed by atoms with Crippen molar-refractivity contribution in [2.45, 2.75) is 0 Å². The smallest absolute Gasteiger partial charge is 0.423 e. The molecule has 0 aliphatic heterocycles. The minimum absolute atomic E-state index is 0.801. The molecule has 0 atom stereocenters. The van der Waals surface area contributed by atoms with Crippen LogP contribution in [-0.2, 0) is 0 Å². The highest BCUT2D eigenvalue weighted by atomic mass is 16.6. The summed E-state index contributed by atoms with van der Waals surface area (Å²) in [6.45, 7) is 0. The molecule has 6 heteroatoms. The Morgan fingerprint density at radius 1 is 1.71 bits per heavy atom. The first-order valence-electron chi connectivity index (χ1n) is 1.61. The summed E-state index contributed by atoms with van der Waals surface area (Å²) < 4.78 is 0. The molecule has 0 aromatic rings. The van der Waals surface area contributed by atoms with Crippen molar-refractivity contribution < 1.29 is 15.0 Å². The first-order valence-corrected chi connectivity index (χ1v) is 1.61. The largest absolute Gasteiger partial charge is 0.529 e. The molecule has 0 rings (SSSR count). The van der Waals surface area contributed by atoms with E-state index in [0.717, 1.165) is 0 Å². The lowest BCUT2D eigenvalue weighted by atomic mass is 9.93. The molecule has 0 aliphatic carbocycles. The Morgan fingerprint density at radius 3 is 2.14 bits per heavy atom. The van der Waals surface area contributed by atoms with E-state index in [1.807, 2.05) is 0 Å². The fourth-order valence-electron chi connectivity index (χ4n) is 0.133. The zero-order valence-corrected chi connectivity index (χ0v) is 3.44. The zero-order chi connectivity index (χ0) is 5.86. The molecule has 0 aromatic heterocycles. The average Bonchev–Trinajstić information content (AvgIpc) is 1.27. The van der Waals surface area contributed by atoms with Gasteiger partial charge in [-0.2, -0.15) is 0 Å². The molecule has 2 N–H and O–H groups in total. The van der Waals surface area contributed by atoms with E-state index < -0.39 is 18.5 Å². The number of rotatable bonds is 2. The normalized spacial score (nSPS) is 8.29. The second kappa shape index (κ2) is 2.54. The molecule has 0 saturated heterocycles. The molecule has 0 aromatic carbocycles. The van der Waals surface area contributed by atoms with Crippen LogP contribution in [0.4, 0.5) is 0 Å². The monoisotopic (exact) mass is 105 g/mol. The van der Waals surface area contributed by atoms with Crippen molar-refractivity contribution in [3.05, 3.63) is 10.1 Å². The zero-order valence-electron chi connectivity index (χ0n) is 3.44. The van der Waals surface area contributed by atoms with Gasteiger partial charge < -0.3 is 10.0 Å². The highest BCUT2D eigenvalue weighted by molar-refractivity contribution is 6.40. The second-order valence-corrected chi connectivity index (χ2v) is 0.996. The molecule has 0 radical (unpaired) electrons. The van der Waals surface area contributed by atoms with Crippen LogP contribution in [0.5, 0.6) is 0 Å². The number of nitrogens with zero attached hydrogens (tertiary/aromatic N) is 1. The van der Waals surface area contributed by atoms with E-state index in [4.69, 9.17) is 10.0 Å². The third-order valence-electron chi connectivity index (χ3n) is 0.312. The molecule has 0 spiro atoms. The van der Waals surface area contributed by atoms with Crippen molar-refractivity contribution in [3.8, 4) is 0 Å². The lowest BCUT2D eigenvalue weighted by Gasteiger charge is -1.85. The molecule has 0 saturated carbocycles. The van der Waals surface area contributed by atoms with Gasteiger partial charge in [-0.05, 0) is 0 Å². The molecular weight excluding hydrogens is 101 g/mol. The van der Waals surface area contributed by atoms with Gasteiger partial charge in [-0.1, -0.05) is 0 Å². The van der Waals surface area contributed by atoms with E-state index in [2.05, 4.69) is 0 Å². The van der Waals surface area contributed by atoms with E-state index in [9.17, 15) is 10.1 Å². The van der Waals surface area contributed by atoms with Gasteiger partial charge in [0.05, 0.1) is 0 Å². The predicted molar refractivity (Wildman–Crippen MR) is 22.1 cm³/mol. The molecule has 0 unspecified atom stereocenters. The molecule has 40 valence electrons. The number of nitro groups is 1. The van der Waals surface area contributed by atoms with Gasteiger partial charge in [0, 0.05) is 4.92 Å². The van der Waals surface area contributed by atoms with Crippen LogP contribution in [-0.4, -0.2) is 28.5 Å². The van der Waals surface area contributed by atoms with Gasteiger partial charge in [0.15, 0.2) is 0 Å². The highest BCUT2D eigenvalue weighted by Crippen LogP contribution is 1.68. The van der Waals surface area contributed by atoms with Crippen molar-refractivity contribution in [1.82, 2.24) is 0 Å². The van der Waals surface area contributed by atoms with E-state index in [0.29, 0.717) is 0 Å². The maximum Gasteiger partial charge on any atom is 0.529 e.